The summed E-state index contributed by atoms with van der Waals surface area (Å²) in [7, 11) is -7.81. The fraction of sp³-hybridized carbons (Fsp3) is 0.875. The normalized spacial score (nSPS) is 17.5. The van der Waals surface area contributed by atoms with Crippen molar-refractivity contribution in [1.29, 1.82) is 0 Å². The standard InChI is InChI=1S/C8HF16NO4S/c9-2(4(12,13)14,29-7(21,22)3(10,11)5(15,16)17)1(26)25-30(27,28)8(23,24)6(18,19)20/h(H,25,26). The smallest absolute Gasteiger partial charge is 0.267 e. The van der Waals surface area contributed by atoms with Crippen molar-refractivity contribution < 1.29 is 88.2 Å². The summed E-state index contributed by atoms with van der Waals surface area (Å²) in [5.74, 6) is -19.6. The van der Waals surface area contributed by atoms with Gasteiger partial charge in [0.2, 0.25) is 0 Å². The number of sulfonamides is 1. The van der Waals surface area contributed by atoms with Gasteiger partial charge in [-0.3, -0.25) is 9.53 Å². The molecular weight excluding hydrogens is 510 g/mol. The lowest BCUT2D eigenvalue weighted by molar-refractivity contribution is -0.472. The van der Waals surface area contributed by atoms with Crippen molar-refractivity contribution >= 4 is 15.9 Å². The summed E-state index contributed by atoms with van der Waals surface area (Å²) >= 11 is 0. The van der Waals surface area contributed by atoms with E-state index in [9.17, 15) is 83.5 Å². The van der Waals surface area contributed by atoms with Crippen LogP contribution < -0.4 is 4.72 Å². The highest BCUT2D eigenvalue weighted by molar-refractivity contribution is 7.91. The van der Waals surface area contributed by atoms with Gasteiger partial charge in [0.05, 0.1) is 0 Å². The Morgan fingerprint density at radius 1 is 0.633 bits per heavy atom. The molecule has 0 aromatic carbocycles. The molecule has 0 saturated heterocycles. The van der Waals surface area contributed by atoms with E-state index in [1.54, 1.807) is 0 Å². The molecule has 0 bridgehead atoms. The molecule has 0 heterocycles. The first-order valence-corrected chi connectivity index (χ1v) is 7.36. The summed E-state index contributed by atoms with van der Waals surface area (Å²) in [4.78, 5) is 10.9. The van der Waals surface area contributed by atoms with Gasteiger partial charge in [0.1, 0.15) is 0 Å². The highest BCUT2D eigenvalue weighted by atomic mass is 32.2. The number of nitrogens with one attached hydrogen (secondary N) is 1. The van der Waals surface area contributed by atoms with Crippen molar-refractivity contribution in [2.24, 2.45) is 0 Å². The minimum Gasteiger partial charge on any atom is -0.267 e. The zero-order chi connectivity index (χ0) is 25.0. The van der Waals surface area contributed by atoms with Crippen LogP contribution in [0.2, 0.25) is 0 Å². The topological polar surface area (TPSA) is 72.5 Å². The van der Waals surface area contributed by atoms with Crippen molar-refractivity contribution in [2.75, 3.05) is 0 Å². The molecule has 5 nitrogen and oxygen atoms in total. The minimum absolute atomic E-state index is 1.05. The second-order valence-electron chi connectivity index (χ2n) is 4.73. The molecule has 0 aliphatic rings. The van der Waals surface area contributed by atoms with Crippen LogP contribution in [0.5, 0.6) is 0 Å². The Labute approximate surface area is 152 Å². The Balaban J connectivity index is 6.37. The van der Waals surface area contributed by atoms with Crippen LogP contribution in [0.3, 0.4) is 0 Å². The molecular formula is C8HF16NO4S. The molecule has 180 valence electrons. The fourth-order valence-corrected chi connectivity index (χ4v) is 1.85. The maximum absolute atomic E-state index is 13.6. The summed E-state index contributed by atoms with van der Waals surface area (Å²) in [6.45, 7) is 0. The van der Waals surface area contributed by atoms with E-state index in [0.29, 0.717) is 0 Å². The largest absolute Gasteiger partial charge is 0.471 e. The Morgan fingerprint density at radius 2 is 1.00 bits per heavy atom. The molecule has 0 radical (unpaired) electrons. The molecule has 1 unspecified atom stereocenters. The molecule has 1 N–H and O–H groups in total. The van der Waals surface area contributed by atoms with Crippen LogP contribution >= 0.6 is 0 Å². The molecule has 0 aromatic rings. The molecule has 0 spiro atoms. The summed E-state index contributed by atoms with van der Waals surface area (Å²) in [5, 5.41) is -7.21. The second-order valence-corrected chi connectivity index (χ2v) is 6.46. The Bertz CT molecular complexity index is 764. The summed E-state index contributed by atoms with van der Waals surface area (Å²) in [6.07, 6.45) is -29.9. The van der Waals surface area contributed by atoms with Gasteiger partial charge in [-0.15, -0.1) is 0 Å². The lowest BCUT2D eigenvalue weighted by Crippen LogP contribution is -2.65. The van der Waals surface area contributed by atoms with Gasteiger partial charge in [-0.25, -0.2) is 4.72 Å². The van der Waals surface area contributed by atoms with E-state index in [1.807, 2.05) is 0 Å². The fourth-order valence-electron chi connectivity index (χ4n) is 1.04. The van der Waals surface area contributed by atoms with Crippen LogP contribution in [0.25, 0.3) is 0 Å². The van der Waals surface area contributed by atoms with Gasteiger partial charge in [-0.1, -0.05) is 0 Å². The number of rotatable bonds is 6. The van der Waals surface area contributed by atoms with Crippen molar-refractivity contribution in [1.82, 2.24) is 4.72 Å². The number of alkyl halides is 16. The molecule has 22 heteroatoms. The van der Waals surface area contributed by atoms with Gasteiger partial charge in [0.25, 0.3) is 0 Å². The van der Waals surface area contributed by atoms with E-state index >= 15 is 0 Å². The van der Waals surface area contributed by atoms with Crippen LogP contribution in [-0.4, -0.2) is 56.0 Å². The van der Waals surface area contributed by atoms with Crippen molar-refractivity contribution in [3.05, 3.63) is 0 Å². The molecule has 1 atom stereocenters. The van der Waals surface area contributed by atoms with Crippen LogP contribution in [0, 0.1) is 0 Å². The number of hydrogen-bond donors (Lipinski definition) is 1. The number of halogens is 16. The summed E-state index contributed by atoms with van der Waals surface area (Å²) < 4.78 is 220. The maximum Gasteiger partial charge on any atom is 0.471 e. The molecule has 0 aliphatic carbocycles. The zero-order valence-corrected chi connectivity index (χ0v) is 13.4. The average Bonchev–Trinajstić information content (AvgIpc) is 2.41. The Morgan fingerprint density at radius 3 is 1.27 bits per heavy atom. The lowest BCUT2D eigenvalue weighted by Gasteiger charge is -2.34. The predicted octanol–water partition coefficient (Wildman–Crippen LogP) is 3.62. The van der Waals surface area contributed by atoms with Crippen molar-refractivity contribution in [2.45, 2.75) is 41.7 Å². The average molecular weight is 511 g/mol. The van der Waals surface area contributed by atoms with Crippen LogP contribution in [0.4, 0.5) is 70.2 Å². The third-order valence-corrected chi connectivity index (χ3v) is 3.90. The van der Waals surface area contributed by atoms with E-state index in [1.165, 1.54) is 4.74 Å². The predicted molar refractivity (Wildman–Crippen MR) is 55.0 cm³/mol. The number of carbonyl (C=O) groups excluding carboxylic acids is 1. The van der Waals surface area contributed by atoms with Gasteiger partial charge in [-0.2, -0.15) is 78.7 Å². The molecule has 0 aromatic heterocycles. The molecule has 0 aliphatic heterocycles. The summed E-state index contributed by atoms with van der Waals surface area (Å²) in [5.41, 5.74) is 0. The zero-order valence-electron chi connectivity index (χ0n) is 12.6. The van der Waals surface area contributed by atoms with E-state index in [0.717, 1.165) is 0 Å². The second kappa shape index (κ2) is 7.15. The highest BCUT2D eigenvalue weighted by Gasteiger charge is 2.80. The van der Waals surface area contributed by atoms with Gasteiger partial charge in [0, 0.05) is 0 Å². The minimum atomic E-state index is -7.81. The Kier molecular flexibility index (Phi) is 6.74. The summed E-state index contributed by atoms with van der Waals surface area (Å²) in [6, 6.07) is 0. The number of ether oxygens (including phenoxy) is 1. The van der Waals surface area contributed by atoms with Gasteiger partial charge in [0.15, 0.2) is 0 Å². The van der Waals surface area contributed by atoms with E-state index in [2.05, 4.69) is 0 Å². The van der Waals surface area contributed by atoms with Crippen LogP contribution in [-0.2, 0) is 19.6 Å². The Hall–Kier alpha value is -1.74. The van der Waals surface area contributed by atoms with Crippen LogP contribution in [0.1, 0.15) is 0 Å². The van der Waals surface area contributed by atoms with Gasteiger partial charge < -0.3 is 0 Å². The highest BCUT2D eigenvalue weighted by Crippen LogP contribution is 2.51. The first kappa shape index (κ1) is 28.3. The molecule has 30 heavy (non-hydrogen) atoms. The number of hydrogen-bond acceptors (Lipinski definition) is 4. The number of carbonyl (C=O) groups is 1. The monoisotopic (exact) mass is 511 g/mol. The van der Waals surface area contributed by atoms with Gasteiger partial charge >= 0.3 is 57.6 Å². The van der Waals surface area contributed by atoms with E-state index < -0.39 is 62.3 Å². The maximum atomic E-state index is 13.6. The van der Waals surface area contributed by atoms with E-state index in [4.69, 9.17) is 0 Å². The molecule has 0 saturated carbocycles. The third-order valence-electron chi connectivity index (χ3n) is 2.54. The third kappa shape index (κ3) is 4.61. The van der Waals surface area contributed by atoms with Crippen molar-refractivity contribution in [3.63, 3.8) is 0 Å². The quantitative estimate of drug-likeness (QED) is 0.554. The molecule has 0 rings (SSSR count). The molecule has 0 fully saturated rings. The lowest BCUT2D eigenvalue weighted by atomic mass is 10.2. The van der Waals surface area contributed by atoms with Crippen LogP contribution in [0.15, 0.2) is 0 Å². The SMILES string of the molecule is O=C(NS(=O)(=O)C(F)(F)C(F)(F)F)C(F)(OC(F)(F)C(F)(F)C(F)(F)F)C(F)(F)F. The first-order chi connectivity index (χ1) is 12.6. The van der Waals surface area contributed by atoms with E-state index in [-0.39, 0.29) is 0 Å². The van der Waals surface area contributed by atoms with Gasteiger partial charge in [-0.05, 0) is 0 Å². The van der Waals surface area contributed by atoms with Crippen molar-refractivity contribution in [3.8, 4) is 0 Å². The molecule has 1 amide bonds. The first-order valence-electron chi connectivity index (χ1n) is 5.88. The number of amides is 1.